The quantitative estimate of drug-likeness (QED) is 0.791. The molecular weight excluding hydrogens is 398 g/mol. The molecule has 3 rings (SSSR count). The Morgan fingerprint density at radius 1 is 1.06 bits per heavy atom. The van der Waals surface area contributed by atoms with Crippen molar-refractivity contribution in [3.8, 4) is 0 Å². The van der Waals surface area contributed by atoms with E-state index in [1.54, 1.807) is 37.5 Å². The average Bonchev–Trinajstić information content (AvgIpc) is 2.69. The number of ether oxygens (including phenoxy) is 2. The van der Waals surface area contributed by atoms with Crippen molar-refractivity contribution < 1.29 is 23.9 Å². The van der Waals surface area contributed by atoms with Crippen molar-refractivity contribution in [1.29, 1.82) is 0 Å². The summed E-state index contributed by atoms with van der Waals surface area (Å²) in [6.45, 7) is 9.84. The lowest BCUT2D eigenvalue weighted by Crippen LogP contribution is -2.64. The summed E-state index contributed by atoms with van der Waals surface area (Å²) in [6.07, 6.45) is 0.794. The zero-order valence-corrected chi connectivity index (χ0v) is 18.8. The van der Waals surface area contributed by atoms with Crippen LogP contribution in [0.1, 0.15) is 46.1 Å². The Morgan fingerprint density at radius 2 is 1.68 bits per heavy atom. The minimum Gasteiger partial charge on any atom is -0.445 e. The highest BCUT2D eigenvalue weighted by atomic mass is 16.6. The molecule has 1 aromatic carbocycles. The zero-order valence-electron chi connectivity index (χ0n) is 18.8. The first kappa shape index (κ1) is 22.9. The van der Waals surface area contributed by atoms with Gasteiger partial charge in [-0.3, -0.25) is 4.79 Å². The second-order valence-electron chi connectivity index (χ2n) is 9.59. The number of likely N-dealkylation sites (tertiary alicyclic amines) is 2. The van der Waals surface area contributed by atoms with Crippen molar-refractivity contribution in [3.63, 3.8) is 0 Å². The molecule has 0 unspecified atom stereocenters. The zero-order chi connectivity index (χ0) is 22.6. The highest BCUT2D eigenvalue weighted by molar-refractivity contribution is 5.86. The number of carbonyl (C=O) groups is 3. The Bertz CT molecular complexity index is 789. The van der Waals surface area contributed by atoms with Crippen LogP contribution in [0.15, 0.2) is 30.3 Å². The van der Waals surface area contributed by atoms with Gasteiger partial charge >= 0.3 is 12.2 Å². The van der Waals surface area contributed by atoms with E-state index in [1.807, 2.05) is 30.3 Å². The SMILES string of the molecule is C[C@@H](NC(=O)OC(C)(C)C)C(=O)N1CC2(CCN(C(=O)OCc3ccccc3)CC2)C1. The van der Waals surface area contributed by atoms with E-state index in [4.69, 9.17) is 9.47 Å². The van der Waals surface area contributed by atoms with Gasteiger partial charge in [0.2, 0.25) is 5.91 Å². The molecule has 8 nitrogen and oxygen atoms in total. The van der Waals surface area contributed by atoms with Gasteiger partial charge in [0.1, 0.15) is 18.2 Å². The number of nitrogens with one attached hydrogen (secondary N) is 1. The fraction of sp³-hybridized carbons (Fsp3) is 0.609. The van der Waals surface area contributed by atoms with Crippen LogP contribution in [0.3, 0.4) is 0 Å². The van der Waals surface area contributed by atoms with Crippen molar-refractivity contribution in [2.75, 3.05) is 26.2 Å². The molecule has 1 N–H and O–H groups in total. The molecule has 0 saturated carbocycles. The van der Waals surface area contributed by atoms with E-state index in [-0.39, 0.29) is 24.0 Å². The molecule has 3 amide bonds. The van der Waals surface area contributed by atoms with Crippen LogP contribution in [-0.4, -0.2) is 65.7 Å². The minimum absolute atomic E-state index is 0.0531. The molecule has 2 fully saturated rings. The Labute approximate surface area is 183 Å². The Morgan fingerprint density at radius 3 is 2.26 bits per heavy atom. The molecule has 8 heteroatoms. The van der Waals surface area contributed by atoms with Crippen molar-refractivity contribution in [3.05, 3.63) is 35.9 Å². The smallest absolute Gasteiger partial charge is 0.410 e. The summed E-state index contributed by atoms with van der Waals surface area (Å²) in [5, 5.41) is 2.60. The van der Waals surface area contributed by atoms with Gasteiger partial charge in [-0.1, -0.05) is 30.3 Å². The molecule has 2 heterocycles. The summed E-state index contributed by atoms with van der Waals surface area (Å²) < 4.78 is 10.6. The van der Waals surface area contributed by atoms with Gasteiger partial charge in [-0.25, -0.2) is 9.59 Å². The second-order valence-corrected chi connectivity index (χ2v) is 9.59. The van der Waals surface area contributed by atoms with Crippen LogP contribution in [0.25, 0.3) is 0 Å². The number of alkyl carbamates (subject to hydrolysis) is 1. The Hall–Kier alpha value is -2.77. The van der Waals surface area contributed by atoms with Gasteiger partial charge in [-0.2, -0.15) is 0 Å². The fourth-order valence-electron chi connectivity index (χ4n) is 4.03. The molecule has 2 aliphatic rings. The average molecular weight is 432 g/mol. The van der Waals surface area contributed by atoms with E-state index >= 15 is 0 Å². The van der Waals surface area contributed by atoms with Crippen LogP contribution in [-0.2, 0) is 20.9 Å². The van der Waals surface area contributed by atoms with Crippen LogP contribution in [0, 0.1) is 5.41 Å². The maximum absolute atomic E-state index is 12.6. The van der Waals surface area contributed by atoms with Gasteiger partial charge in [0, 0.05) is 31.6 Å². The van der Waals surface area contributed by atoms with Crippen molar-refractivity contribution in [2.24, 2.45) is 5.41 Å². The predicted octanol–water partition coefficient (Wildman–Crippen LogP) is 3.16. The number of benzene rings is 1. The molecule has 0 radical (unpaired) electrons. The first-order valence-electron chi connectivity index (χ1n) is 10.8. The normalized spacial score (nSPS) is 18.7. The van der Waals surface area contributed by atoms with Crippen LogP contribution >= 0.6 is 0 Å². The molecule has 1 atom stereocenters. The third kappa shape index (κ3) is 6.12. The number of piperidine rings is 1. The summed E-state index contributed by atoms with van der Waals surface area (Å²) in [6, 6.07) is 8.98. The monoisotopic (exact) mass is 431 g/mol. The standard InChI is InChI=1S/C23H33N3O5/c1-17(24-20(28)31-22(2,3)4)19(27)26-15-23(16-26)10-12-25(13-11-23)21(29)30-14-18-8-6-5-7-9-18/h5-9,17H,10-16H2,1-4H3,(H,24,28)/t17-/m1/s1. The summed E-state index contributed by atoms with van der Waals surface area (Å²) in [5.74, 6) is -0.110. The third-order valence-corrected chi connectivity index (χ3v) is 5.76. The van der Waals surface area contributed by atoms with E-state index in [1.165, 1.54) is 0 Å². The van der Waals surface area contributed by atoms with Gasteiger partial charge in [-0.05, 0) is 46.1 Å². The number of amides is 3. The Kier molecular flexibility index (Phi) is 6.77. The third-order valence-electron chi connectivity index (χ3n) is 5.76. The number of rotatable bonds is 4. The van der Waals surface area contributed by atoms with Crippen LogP contribution in [0.2, 0.25) is 0 Å². The van der Waals surface area contributed by atoms with E-state index in [2.05, 4.69) is 5.32 Å². The molecule has 2 aliphatic heterocycles. The maximum atomic E-state index is 12.6. The van der Waals surface area contributed by atoms with E-state index < -0.39 is 17.7 Å². The van der Waals surface area contributed by atoms with Gasteiger partial charge in [0.15, 0.2) is 0 Å². The summed E-state index contributed by atoms with van der Waals surface area (Å²) in [4.78, 5) is 40.4. The minimum atomic E-state index is -0.639. The number of nitrogens with zero attached hydrogens (tertiary/aromatic N) is 2. The lowest BCUT2D eigenvalue weighted by atomic mass is 9.72. The second kappa shape index (κ2) is 9.16. The highest BCUT2D eigenvalue weighted by Gasteiger charge is 2.48. The van der Waals surface area contributed by atoms with Gasteiger partial charge in [-0.15, -0.1) is 0 Å². The van der Waals surface area contributed by atoms with Crippen LogP contribution in [0.5, 0.6) is 0 Å². The summed E-state index contributed by atoms with van der Waals surface area (Å²) >= 11 is 0. The molecule has 0 aromatic heterocycles. The van der Waals surface area contributed by atoms with Gasteiger partial charge in [0.25, 0.3) is 0 Å². The summed E-state index contributed by atoms with van der Waals surface area (Å²) in [7, 11) is 0. The molecule has 2 saturated heterocycles. The number of carbonyl (C=O) groups excluding carboxylic acids is 3. The largest absolute Gasteiger partial charge is 0.445 e. The van der Waals surface area contributed by atoms with Crippen molar-refractivity contribution >= 4 is 18.1 Å². The lowest BCUT2D eigenvalue weighted by Gasteiger charge is -2.54. The lowest BCUT2D eigenvalue weighted by molar-refractivity contribution is -0.148. The van der Waals surface area contributed by atoms with E-state index in [9.17, 15) is 14.4 Å². The fourth-order valence-corrected chi connectivity index (χ4v) is 4.03. The number of hydrogen-bond donors (Lipinski definition) is 1. The van der Waals surface area contributed by atoms with E-state index in [0.717, 1.165) is 18.4 Å². The maximum Gasteiger partial charge on any atom is 0.410 e. The van der Waals surface area contributed by atoms with Crippen LogP contribution in [0.4, 0.5) is 9.59 Å². The highest BCUT2D eigenvalue weighted by Crippen LogP contribution is 2.40. The molecule has 170 valence electrons. The van der Waals surface area contributed by atoms with Crippen molar-refractivity contribution in [2.45, 2.75) is 58.8 Å². The molecule has 0 bridgehead atoms. The molecule has 1 aromatic rings. The summed E-state index contributed by atoms with van der Waals surface area (Å²) in [5.41, 5.74) is 0.410. The molecule has 0 aliphatic carbocycles. The van der Waals surface area contributed by atoms with Crippen molar-refractivity contribution in [1.82, 2.24) is 15.1 Å². The Balaban J connectivity index is 1.39. The van der Waals surface area contributed by atoms with Gasteiger partial charge < -0.3 is 24.6 Å². The molecule has 31 heavy (non-hydrogen) atoms. The van der Waals surface area contributed by atoms with Crippen LogP contribution < -0.4 is 5.32 Å². The topological polar surface area (TPSA) is 88.2 Å². The first-order valence-corrected chi connectivity index (χ1v) is 10.8. The van der Waals surface area contributed by atoms with Gasteiger partial charge in [0.05, 0.1) is 0 Å². The predicted molar refractivity (Wildman–Crippen MR) is 115 cm³/mol. The number of hydrogen-bond acceptors (Lipinski definition) is 5. The first-order chi connectivity index (χ1) is 14.6. The molecule has 1 spiro atoms. The van der Waals surface area contributed by atoms with E-state index in [0.29, 0.717) is 26.2 Å². The molecular formula is C23H33N3O5.